The first kappa shape index (κ1) is 17.3. The molecule has 3 heterocycles. The van der Waals surface area contributed by atoms with E-state index in [4.69, 9.17) is 0 Å². The molecular weight excluding hydrogens is 382 g/mol. The smallest absolute Gasteiger partial charge is 0.0714 e. The third-order valence-electron chi connectivity index (χ3n) is 5.64. The van der Waals surface area contributed by atoms with E-state index in [0.29, 0.717) is 0 Å². The Morgan fingerprint density at radius 3 is 1.87 bits per heavy atom. The molecule has 0 radical (unpaired) electrons. The molecule has 0 bridgehead atoms. The van der Waals surface area contributed by atoms with Gasteiger partial charge in [0.2, 0.25) is 0 Å². The molecule has 2 heteroatoms. The first-order valence-electron chi connectivity index (χ1n) is 10.1. The molecule has 0 aliphatic carbocycles. The van der Waals surface area contributed by atoms with E-state index >= 15 is 0 Å². The zero-order valence-electron chi connectivity index (χ0n) is 16.3. The minimum absolute atomic E-state index is 1.21. The molecule has 0 N–H and O–H groups in total. The van der Waals surface area contributed by atoms with Crippen LogP contribution in [-0.4, -0.2) is 4.40 Å². The van der Waals surface area contributed by atoms with Crippen LogP contribution in [0.1, 0.15) is 0 Å². The van der Waals surface area contributed by atoms with E-state index in [9.17, 15) is 0 Å². The number of hydrogen-bond acceptors (Lipinski definition) is 1. The van der Waals surface area contributed by atoms with Crippen molar-refractivity contribution >= 4 is 27.6 Å². The average molecular weight is 402 g/mol. The molecule has 0 fully saturated rings. The van der Waals surface area contributed by atoms with Crippen molar-refractivity contribution in [2.45, 2.75) is 0 Å². The van der Waals surface area contributed by atoms with Crippen molar-refractivity contribution in [2.75, 3.05) is 0 Å². The first-order chi connectivity index (χ1) is 14.9. The summed E-state index contributed by atoms with van der Waals surface area (Å²) in [5, 5.41) is 2.62. The van der Waals surface area contributed by atoms with Gasteiger partial charge in [0, 0.05) is 32.9 Å². The van der Waals surface area contributed by atoms with Crippen molar-refractivity contribution in [3.63, 3.8) is 0 Å². The molecule has 0 saturated heterocycles. The highest BCUT2D eigenvalue weighted by Gasteiger charge is 2.20. The molecular formula is C28H19NS. The molecule has 3 aromatic heterocycles. The minimum Gasteiger partial charge on any atom is -0.315 e. The lowest BCUT2D eigenvalue weighted by atomic mass is 10.0. The Balaban J connectivity index is 1.72. The van der Waals surface area contributed by atoms with Gasteiger partial charge < -0.3 is 4.40 Å². The third kappa shape index (κ3) is 2.69. The quantitative estimate of drug-likeness (QED) is 0.282. The van der Waals surface area contributed by atoms with Gasteiger partial charge in [0.05, 0.1) is 10.6 Å². The Kier molecular flexibility index (Phi) is 4.03. The van der Waals surface area contributed by atoms with Crippen molar-refractivity contribution in [3.05, 3.63) is 115 Å². The van der Waals surface area contributed by atoms with Gasteiger partial charge in [-0.05, 0) is 29.3 Å². The Morgan fingerprint density at radius 2 is 1.13 bits per heavy atom. The van der Waals surface area contributed by atoms with Gasteiger partial charge in [-0.25, -0.2) is 0 Å². The van der Waals surface area contributed by atoms with Crippen molar-refractivity contribution in [2.24, 2.45) is 0 Å². The average Bonchev–Trinajstić information content (AvgIpc) is 3.39. The Bertz CT molecular complexity index is 1470. The number of benzene rings is 3. The lowest BCUT2D eigenvalue weighted by Gasteiger charge is -2.06. The van der Waals surface area contributed by atoms with Crippen LogP contribution in [0, 0.1) is 0 Å². The summed E-state index contributed by atoms with van der Waals surface area (Å²) in [4.78, 5) is 2.64. The maximum atomic E-state index is 2.33. The van der Waals surface area contributed by atoms with Crippen LogP contribution in [0.2, 0.25) is 0 Å². The van der Waals surface area contributed by atoms with Crippen molar-refractivity contribution < 1.29 is 0 Å². The van der Waals surface area contributed by atoms with Crippen LogP contribution in [-0.2, 0) is 0 Å². The van der Waals surface area contributed by atoms with E-state index in [2.05, 4.69) is 120 Å². The second-order valence-electron chi connectivity index (χ2n) is 7.44. The topological polar surface area (TPSA) is 4.41 Å². The van der Waals surface area contributed by atoms with Gasteiger partial charge in [-0.2, -0.15) is 0 Å². The fourth-order valence-corrected chi connectivity index (χ4v) is 5.60. The van der Waals surface area contributed by atoms with Crippen LogP contribution in [0.5, 0.6) is 0 Å². The molecule has 142 valence electrons. The molecule has 0 aliphatic rings. The largest absolute Gasteiger partial charge is 0.315 e. The summed E-state index contributed by atoms with van der Waals surface area (Å²) < 4.78 is 2.33. The van der Waals surface area contributed by atoms with Crippen LogP contribution >= 0.6 is 11.3 Å². The van der Waals surface area contributed by atoms with Gasteiger partial charge in [-0.1, -0.05) is 91.0 Å². The summed E-state index contributed by atoms with van der Waals surface area (Å²) in [5.41, 5.74) is 6.26. The molecule has 0 unspecified atom stereocenters. The number of hydrogen-bond donors (Lipinski definition) is 0. The lowest BCUT2D eigenvalue weighted by molar-refractivity contribution is 1.21. The van der Waals surface area contributed by atoms with E-state index in [1.54, 1.807) is 0 Å². The fraction of sp³-hybridized carbons (Fsp3) is 0. The Labute approximate surface area is 179 Å². The van der Waals surface area contributed by atoms with Crippen LogP contribution < -0.4 is 0 Å². The van der Waals surface area contributed by atoms with Crippen molar-refractivity contribution in [1.29, 1.82) is 0 Å². The lowest BCUT2D eigenvalue weighted by Crippen LogP contribution is -1.87. The molecule has 6 aromatic rings. The summed E-state index contributed by atoms with van der Waals surface area (Å²) in [6, 6.07) is 38.9. The van der Waals surface area contributed by atoms with Gasteiger partial charge >= 0.3 is 0 Å². The van der Waals surface area contributed by atoms with Gasteiger partial charge in [-0.3, -0.25) is 0 Å². The van der Waals surface area contributed by atoms with E-state index < -0.39 is 0 Å². The Morgan fingerprint density at radius 1 is 0.533 bits per heavy atom. The fourth-order valence-electron chi connectivity index (χ4n) is 4.26. The number of thiophene rings is 1. The molecule has 1 nitrogen and oxygen atoms in total. The van der Waals surface area contributed by atoms with Crippen LogP contribution in [0.25, 0.3) is 48.4 Å². The second kappa shape index (κ2) is 7.01. The first-order valence-corrected chi connectivity index (χ1v) is 10.9. The minimum atomic E-state index is 1.21. The number of nitrogens with zero attached hydrogens (tertiary/aromatic N) is 1. The maximum absolute atomic E-state index is 2.33. The molecule has 0 amide bonds. The molecule has 6 rings (SSSR count). The zero-order chi connectivity index (χ0) is 19.9. The van der Waals surface area contributed by atoms with Gasteiger partial charge in [-0.15, -0.1) is 11.3 Å². The number of rotatable bonds is 3. The SMILES string of the molecule is c1ccc(-c2cc3ccccn3c2-c2sc(-c3ccccc3)c3ccccc23)cc1. The Hall–Kier alpha value is -3.62. The molecule has 0 atom stereocenters. The molecule has 0 spiro atoms. The van der Waals surface area contributed by atoms with Crippen molar-refractivity contribution in [1.82, 2.24) is 4.40 Å². The summed E-state index contributed by atoms with van der Waals surface area (Å²) >= 11 is 1.89. The normalized spacial score (nSPS) is 11.3. The summed E-state index contributed by atoms with van der Waals surface area (Å²) in [6.45, 7) is 0. The van der Waals surface area contributed by atoms with E-state index in [0.717, 1.165) is 0 Å². The second-order valence-corrected chi connectivity index (χ2v) is 8.46. The predicted molar refractivity (Wildman–Crippen MR) is 129 cm³/mol. The summed E-state index contributed by atoms with van der Waals surface area (Å²) in [5.74, 6) is 0. The van der Waals surface area contributed by atoms with E-state index in [-0.39, 0.29) is 0 Å². The summed E-state index contributed by atoms with van der Waals surface area (Å²) in [6.07, 6.45) is 2.17. The maximum Gasteiger partial charge on any atom is 0.0714 e. The number of pyridine rings is 1. The summed E-state index contributed by atoms with van der Waals surface area (Å²) in [7, 11) is 0. The molecule has 3 aromatic carbocycles. The van der Waals surface area contributed by atoms with Gasteiger partial charge in [0.1, 0.15) is 0 Å². The predicted octanol–water partition coefficient (Wildman–Crippen LogP) is 8.16. The highest BCUT2D eigenvalue weighted by Crippen LogP contribution is 2.47. The monoisotopic (exact) mass is 401 g/mol. The van der Waals surface area contributed by atoms with Crippen molar-refractivity contribution in [3.8, 4) is 32.1 Å². The van der Waals surface area contributed by atoms with Crippen LogP contribution in [0.15, 0.2) is 115 Å². The number of aromatic nitrogens is 1. The highest BCUT2D eigenvalue weighted by atomic mass is 32.1. The molecule has 0 saturated carbocycles. The van der Waals surface area contributed by atoms with Gasteiger partial charge in [0.15, 0.2) is 0 Å². The van der Waals surface area contributed by atoms with E-state index in [1.165, 1.54) is 48.4 Å². The van der Waals surface area contributed by atoms with Crippen LogP contribution in [0.3, 0.4) is 0 Å². The van der Waals surface area contributed by atoms with Crippen LogP contribution in [0.4, 0.5) is 0 Å². The molecule has 0 aliphatic heterocycles. The van der Waals surface area contributed by atoms with Gasteiger partial charge in [0.25, 0.3) is 0 Å². The number of fused-ring (bicyclic) bond motifs is 2. The third-order valence-corrected chi connectivity index (χ3v) is 6.91. The highest BCUT2D eigenvalue weighted by molar-refractivity contribution is 7.21. The zero-order valence-corrected chi connectivity index (χ0v) is 17.1. The van der Waals surface area contributed by atoms with E-state index in [1.807, 2.05) is 11.3 Å². The standard InChI is InChI=1S/C28H19NS/c1-3-11-20(12-4-1)25-19-22-15-9-10-18-29(22)26(25)28-24-17-8-7-16-23(24)27(30-28)21-13-5-2-6-14-21/h1-19H. The molecule has 30 heavy (non-hydrogen) atoms.